The zero-order valence-corrected chi connectivity index (χ0v) is 11.4. The fraction of sp³-hybridized carbons (Fsp3) is 0.615. The molecule has 4 atom stereocenters. The van der Waals surface area contributed by atoms with E-state index in [-0.39, 0.29) is 12.1 Å². The number of aromatic nitrogens is 1. The van der Waals surface area contributed by atoms with Gasteiger partial charge >= 0.3 is 0 Å². The maximum absolute atomic E-state index is 11.0. The van der Waals surface area contributed by atoms with Gasteiger partial charge in [0.15, 0.2) is 0 Å². The van der Waals surface area contributed by atoms with Crippen LogP contribution in [-0.4, -0.2) is 37.9 Å². The fourth-order valence-corrected chi connectivity index (χ4v) is 2.58. The molecule has 1 aliphatic rings. The lowest BCUT2D eigenvalue weighted by Crippen LogP contribution is -2.55. The normalized spacial score (nSPS) is 33.9. The van der Waals surface area contributed by atoms with Crippen molar-refractivity contribution in [2.75, 3.05) is 0 Å². The Hall–Kier alpha value is -1.57. The molecular formula is C13H18N2O5. The highest BCUT2D eigenvalue weighted by Gasteiger charge is 2.46. The van der Waals surface area contributed by atoms with Crippen molar-refractivity contribution in [1.82, 2.24) is 4.98 Å². The van der Waals surface area contributed by atoms with Crippen LogP contribution in [0.2, 0.25) is 0 Å². The number of pyridine rings is 1. The predicted molar refractivity (Wildman–Crippen MR) is 70.0 cm³/mol. The highest BCUT2D eigenvalue weighted by molar-refractivity contribution is 5.39. The molecule has 0 unspecified atom stereocenters. The van der Waals surface area contributed by atoms with Gasteiger partial charge in [0.1, 0.15) is 11.8 Å². The van der Waals surface area contributed by atoms with E-state index in [4.69, 9.17) is 4.74 Å². The van der Waals surface area contributed by atoms with E-state index in [2.05, 4.69) is 4.98 Å². The number of aliphatic hydroxyl groups is 2. The molecule has 0 amide bonds. The molecule has 1 fully saturated rings. The smallest absolute Gasteiger partial charge is 0.293 e. The van der Waals surface area contributed by atoms with E-state index < -0.39 is 28.8 Å². The molecule has 0 aliphatic carbocycles. The van der Waals surface area contributed by atoms with Crippen LogP contribution in [0.1, 0.15) is 38.4 Å². The lowest BCUT2D eigenvalue weighted by molar-refractivity contribution is -0.387. The highest BCUT2D eigenvalue weighted by Crippen LogP contribution is 2.40. The summed E-state index contributed by atoms with van der Waals surface area (Å²) >= 11 is 0. The first kappa shape index (κ1) is 14.8. The van der Waals surface area contributed by atoms with Crippen molar-refractivity contribution in [1.29, 1.82) is 0 Å². The molecule has 0 bridgehead atoms. The van der Waals surface area contributed by atoms with Crippen molar-refractivity contribution < 1.29 is 19.9 Å². The SMILES string of the molecule is CC[C@H]1O[C@@H](c2ccncc2[N+](=O)[O-])C[C@@H](O)[C@]1(C)O. The largest absolute Gasteiger partial charge is 0.390 e. The summed E-state index contributed by atoms with van der Waals surface area (Å²) in [5.41, 5.74) is -1.12. The van der Waals surface area contributed by atoms with Crippen LogP contribution in [0.15, 0.2) is 18.5 Å². The van der Waals surface area contributed by atoms with Gasteiger partial charge in [-0.1, -0.05) is 6.92 Å². The van der Waals surface area contributed by atoms with Crippen molar-refractivity contribution >= 4 is 5.69 Å². The molecule has 2 N–H and O–H groups in total. The zero-order chi connectivity index (χ0) is 14.9. The Kier molecular flexibility index (Phi) is 4.03. The standard InChI is InChI=1S/C13H18N2O5/c1-3-12-13(2,17)11(16)6-10(20-12)8-4-5-14-7-9(8)15(18)19/h4-5,7,10-12,16-17H,3,6H2,1-2H3/t10-,11-,12-,13+/m1/s1. The van der Waals surface area contributed by atoms with Gasteiger partial charge in [0.25, 0.3) is 5.69 Å². The maximum atomic E-state index is 11.0. The molecule has 1 aromatic heterocycles. The average Bonchev–Trinajstić information content (AvgIpc) is 2.41. The number of aliphatic hydroxyl groups excluding tert-OH is 1. The molecule has 0 saturated carbocycles. The van der Waals surface area contributed by atoms with Gasteiger partial charge in [-0.3, -0.25) is 15.1 Å². The lowest BCUT2D eigenvalue weighted by Gasteiger charge is -2.44. The van der Waals surface area contributed by atoms with Crippen LogP contribution in [0.3, 0.4) is 0 Å². The Bertz CT molecular complexity index is 505. The molecule has 1 aliphatic heterocycles. The van der Waals surface area contributed by atoms with Crippen LogP contribution in [0, 0.1) is 10.1 Å². The summed E-state index contributed by atoms with van der Waals surface area (Å²) in [4.78, 5) is 14.2. The van der Waals surface area contributed by atoms with Gasteiger partial charge in [-0.25, -0.2) is 0 Å². The Balaban J connectivity index is 2.33. The summed E-state index contributed by atoms with van der Waals surface area (Å²) < 4.78 is 5.76. The van der Waals surface area contributed by atoms with Crippen LogP contribution in [0.4, 0.5) is 5.69 Å². The van der Waals surface area contributed by atoms with Crippen molar-refractivity contribution in [3.63, 3.8) is 0 Å². The van der Waals surface area contributed by atoms with Crippen LogP contribution >= 0.6 is 0 Å². The predicted octanol–water partition coefficient (Wildman–Crippen LogP) is 1.34. The van der Waals surface area contributed by atoms with Gasteiger partial charge in [-0.2, -0.15) is 0 Å². The van der Waals surface area contributed by atoms with E-state index in [9.17, 15) is 20.3 Å². The van der Waals surface area contributed by atoms with Crippen molar-refractivity contribution in [2.24, 2.45) is 0 Å². The number of nitro groups is 1. The lowest BCUT2D eigenvalue weighted by atomic mass is 9.83. The summed E-state index contributed by atoms with van der Waals surface area (Å²) in [6.45, 7) is 3.35. The van der Waals surface area contributed by atoms with E-state index in [1.807, 2.05) is 6.92 Å². The number of rotatable bonds is 3. The van der Waals surface area contributed by atoms with Crippen molar-refractivity contribution in [2.45, 2.75) is 50.6 Å². The molecule has 1 aromatic rings. The third-order valence-electron chi connectivity index (χ3n) is 3.84. The second kappa shape index (κ2) is 5.43. The number of hydrogen-bond acceptors (Lipinski definition) is 6. The average molecular weight is 282 g/mol. The summed E-state index contributed by atoms with van der Waals surface area (Å²) in [5, 5.41) is 31.3. The monoisotopic (exact) mass is 282 g/mol. The molecular weight excluding hydrogens is 264 g/mol. The molecule has 0 radical (unpaired) electrons. The van der Waals surface area contributed by atoms with E-state index in [1.165, 1.54) is 25.4 Å². The van der Waals surface area contributed by atoms with E-state index >= 15 is 0 Å². The first-order valence-corrected chi connectivity index (χ1v) is 6.52. The topological polar surface area (TPSA) is 106 Å². The fourth-order valence-electron chi connectivity index (χ4n) is 2.58. The van der Waals surface area contributed by atoms with Gasteiger partial charge in [0, 0.05) is 12.6 Å². The maximum Gasteiger partial charge on any atom is 0.293 e. The van der Waals surface area contributed by atoms with Crippen molar-refractivity contribution in [3.8, 4) is 0 Å². The molecule has 0 spiro atoms. The van der Waals surface area contributed by atoms with Gasteiger partial charge in [-0.15, -0.1) is 0 Å². The van der Waals surface area contributed by atoms with E-state index in [0.717, 1.165) is 0 Å². The summed E-state index contributed by atoms with van der Waals surface area (Å²) in [6.07, 6.45) is 1.01. The minimum absolute atomic E-state index is 0.106. The van der Waals surface area contributed by atoms with Crippen LogP contribution < -0.4 is 0 Å². The Morgan fingerprint density at radius 1 is 1.65 bits per heavy atom. The van der Waals surface area contributed by atoms with Gasteiger partial charge in [0.05, 0.1) is 28.8 Å². The van der Waals surface area contributed by atoms with Gasteiger partial charge in [0.2, 0.25) is 0 Å². The summed E-state index contributed by atoms with van der Waals surface area (Å²) in [7, 11) is 0. The van der Waals surface area contributed by atoms with Crippen LogP contribution in [0.5, 0.6) is 0 Å². The van der Waals surface area contributed by atoms with Gasteiger partial charge < -0.3 is 14.9 Å². The minimum Gasteiger partial charge on any atom is -0.390 e. The Morgan fingerprint density at radius 2 is 2.35 bits per heavy atom. The highest BCUT2D eigenvalue weighted by atomic mass is 16.6. The molecule has 2 heterocycles. The molecule has 7 heteroatoms. The third-order valence-corrected chi connectivity index (χ3v) is 3.84. The van der Waals surface area contributed by atoms with E-state index in [1.54, 1.807) is 0 Å². The molecule has 20 heavy (non-hydrogen) atoms. The number of hydrogen-bond donors (Lipinski definition) is 2. The quantitative estimate of drug-likeness (QED) is 0.640. The van der Waals surface area contributed by atoms with Crippen molar-refractivity contribution in [3.05, 3.63) is 34.1 Å². The van der Waals surface area contributed by atoms with Crippen LogP contribution in [-0.2, 0) is 4.74 Å². The van der Waals surface area contributed by atoms with Crippen LogP contribution in [0.25, 0.3) is 0 Å². The third kappa shape index (κ3) is 2.52. The Labute approximate surface area is 116 Å². The first-order chi connectivity index (χ1) is 9.37. The number of ether oxygens (including phenoxy) is 1. The second-order valence-electron chi connectivity index (χ2n) is 5.19. The molecule has 1 saturated heterocycles. The zero-order valence-electron chi connectivity index (χ0n) is 11.4. The molecule has 2 rings (SSSR count). The minimum atomic E-state index is -1.35. The van der Waals surface area contributed by atoms with Gasteiger partial charge in [-0.05, 0) is 19.4 Å². The second-order valence-corrected chi connectivity index (χ2v) is 5.19. The summed E-state index contributed by atoms with van der Waals surface area (Å²) in [6, 6.07) is 1.52. The molecule has 7 nitrogen and oxygen atoms in total. The van der Waals surface area contributed by atoms with E-state index in [0.29, 0.717) is 12.0 Å². The number of nitrogens with zero attached hydrogens (tertiary/aromatic N) is 2. The molecule has 0 aromatic carbocycles. The molecule has 110 valence electrons. The first-order valence-electron chi connectivity index (χ1n) is 6.52. The Morgan fingerprint density at radius 3 is 2.95 bits per heavy atom. The summed E-state index contributed by atoms with van der Waals surface area (Å²) in [5.74, 6) is 0.